The first-order chi connectivity index (χ1) is 24.3. The molecule has 0 fully saturated rings. The van der Waals surface area contributed by atoms with Crippen LogP contribution < -0.4 is 0 Å². The zero-order valence-corrected chi connectivity index (χ0v) is 27.3. The second-order valence-corrected chi connectivity index (χ2v) is 12.6. The summed E-state index contributed by atoms with van der Waals surface area (Å²) in [7, 11) is 0. The van der Waals surface area contributed by atoms with Gasteiger partial charge in [-0.3, -0.25) is 0 Å². The van der Waals surface area contributed by atoms with Gasteiger partial charge < -0.3 is 4.57 Å². The first-order valence-corrected chi connectivity index (χ1v) is 17.0. The van der Waals surface area contributed by atoms with Crippen LogP contribution in [-0.4, -0.2) is 9.55 Å². The molecule has 1 aromatic heterocycles. The van der Waals surface area contributed by atoms with Gasteiger partial charge in [-0.25, -0.2) is 4.98 Å². The average Bonchev–Trinajstić information content (AvgIpc) is 3.56. The van der Waals surface area contributed by atoms with Crippen molar-refractivity contribution in [3.05, 3.63) is 176 Å². The van der Waals surface area contributed by atoms with E-state index < -0.39 is 0 Å². The van der Waals surface area contributed by atoms with Gasteiger partial charge in [0.25, 0.3) is 0 Å². The van der Waals surface area contributed by atoms with Crippen LogP contribution in [0.5, 0.6) is 0 Å². The van der Waals surface area contributed by atoms with Gasteiger partial charge in [-0.1, -0.05) is 152 Å². The number of hydrogen-bond acceptors (Lipinski definition) is 1. The number of benzene rings is 8. The first kappa shape index (κ1) is 28.9. The summed E-state index contributed by atoms with van der Waals surface area (Å²) in [5, 5.41) is 5.05. The standard InChI is InChI=1S/C47H34N2/c1-2-49-44-28-26-38(31-43(44)48-47(49)34-19-10-5-11-20-34)36-22-14-21-35(29-36)37-25-27-41-42(30-37)46(33-17-8-4-9-18-33)40-24-13-12-23-39(40)45(41)32-15-6-3-7-16-32/h3-31H,2H2,1H3. The summed E-state index contributed by atoms with van der Waals surface area (Å²) in [5.41, 5.74) is 13.1. The number of aryl methyl sites for hydroxylation is 1. The maximum Gasteiger partial charge on any atom is 0.141 e. The van der Waals surface area contributed by atoms with Crippen LogP contribution in [0.3, 0.4) is 0 Å². The van der Waals surface area contributed by atoms with Crippen LogP contribution in [0, 0.1) is 0 Å². The molecular formula is C47H34N2. The smallest absolute Gasteiger partial charge is 0.141 e. The van der Waals surface area contributed by atoms with E-state index in [0.29, 0.717) is 0 Å². The van der Waals surface area contributed by atoms with E-state index in [1.54, 1.807) is 0 Å². The quantitative estimate of drug-likeness (QED) is 0.168. The molecule has 9 rings (SSSR count). The molecule has 0 radical (unpaired) electrons. The predicted octanol–water partition coefficient (Wildman–Crippen LogP) is 12.7. The molecule has 0 saturated carbocycles. The lowest BCUT2D eigenvalue weighted by atomic mass is 9.85. The van der Waals surface area contributed by atoms with Crippen LogP contribution in [0.15, 0.2) is 176 Å². The first-order valence-electron chi connectivity index (χ1n) is 17.0. The molecule has 232 valence electrons. The van der Waals surface area contributed by atoms with Crippen LogP contribution in [0.25, 0.3) is 88.5 Å². The zero-order valence-electron chi connectivity index (χ0n) is 27.3. The lowest BCUT2D eigenvalue weighted by molar-refractivity contribution is 0.796. The number of nitrogens with zero attached hydrogens (tertiary/aromatic N) is 2. The zero-order chi connectivity index (χ0) is 32.7. The minimum atomic E-state index is 0.865. The predicted molar refractivity (Wildman–Crippen MR) is 208 cm³/mol. The highest BCUT2D eigenvalue weighted by molar-refractivity contribution is 6.22. The van der Waals surface area contributed by atoms with Gasteiger partial charge >= 0.3 is 0 Å². The van der Waals surface area contributed by atoms with Crippen molar-refractivity contribution in [3.8, 4) is 55.9 Å². The third-order valence-corrected chi connectivity index (χ3v) is 9.77. The largest absolute Gasteiger partial charge is 0.324 e. The molecule has 1 heterocycles. The molecule has 0 N–H and O–H groups in total. The van der Waals surface area contributed by atoms with E-state index in [0.717, 1.165) is 34.5 Å². The average molecular weight is 627 g/mol. The molecule has 0 aliphatic heterocycles. The van der Waals surface area contributed by atoms with E-state index in [1.807, 2.05) is 0 Å². The summed E-state index contributed by atoms with van der Waals surface area (Å²) in [6.07, 6.45) is 0. The second kappa shape index (κ2) is 12.1. The Balaban J connectivity index is 1.21. The molecule has 2 heteroatoms. The van der Waals surface area contributed by atoms with E-state index >= 15 is 0 Å². The van der Waals surface area contributed by atoms with Crippen molar-refractivity contribution in [1.29, 1.82) is 0 Å². The molecule has 49 heavy (non-hydrogen) atoms. The number of hydrogen-bond donors (Lipinski definition) is 0. The molecule has 0 saturated heterocycles. The molecule has 8 aromatic carbocycles. The lowest BCUT2D eigenvalue weighted by Gasteiger charge is -2.19. The maximum absolute atomic E-state index is 5.11. The third kappa shape index (κ3) is 5.01. The van der Waals surface area contributed by atoms with Crippen molar-refractivity contribution >= 4 is 32.6 Å². The normalized spacial score (nSPS) is 11.4. The topological polar surface area (TPSA) is 17.8 Å². The molecule has 0 atom stereocenters. The maximum atomic E-state index is 5.11. The van der Waals surface area contributed by atoms with Gasteiger partial charge in [0.05, 0.1) is 11.0 Å². The Bertz CT molecular complexity index is 2620. The fourth-order valence-corrected chi connectivity index (χ4v) is 7.50. The summed E-state index contributed by atoms with van der Waals surface area (Å²) in [6.45, 7) is 3.05. The molecule has 0 bridgehead atoms. The third-order valence-electron chi connectivity index (χ3n) is 9.77. The highest BCUT2D eigenvalue weighted by Crippen LogP contribution is 2.45. The van der Waals surface area contributed by atoms with Crippen LogP contribution in [0.1, 0.15) is 6.92 Å². The van der Waals surface area contributed by atoms with E-state index in [9.17, 15) is 0 Å². The Morgan fingerprint density at radius 2 is 0.857 bits per heavy atom. The Hall–Kier alpha value is -6.25. The van der Waals surface area contributed by atoms with E-state index in [1.165, 1.54) is 60.5 Å². The van der Waals surface area contributed by atoms with Gasteiger partial charge in [0.2, 0.25) is 0 Å². The lowest BCUT2D eigenvalue weighted by Crippen LogP contribution is -1.97. The second-order valence-electron chi connectivity index (χ2n) is 12.6. The minimum Gasteiger partial charge on any atom is -0.324 e. The highest BCUT2D eigenvalue weighted by atomic mass is 15.1. The number of rotatable bonds is 6. The highest BCUT2D eigenvalue weighted by Gasteiger charge is 2.18. The fraction of sp³-hybridized carbons (Fsp3) is 0.0426. The molecule has 0 amide bonds. The van der Waals surface area contributed by atoms with E-state index in [2.05, 4.69) is 187 Å². The summed E-state index contributed by atoms with van der Waals surface area (Å²) in [4.78, 5) is 5.11. The number of aromatic nitrogens is 2. The summed E-state index contributed by atoms with van der Waals surface area (Å²) >= 11 is 0. The number of fused-ring (bicyclic) bond motifs is 3. The van der Waals surface area contributed by atoms with Gasteiger partial charge in [0, 0.05) is 12.1 Å². The molecule has 9 aromatic rings. The van der Waals surface area contributed by atoms with Gasteiger partial charge in [-0.05, 0) is 97.2 Å². The summed E-state index contributed by atoms with van der Waals surface area (Å²) in [6, 6.07) is 63.6. The molecular weight excluding hydrogens is 593 g/mol. The molecule has 0 aliphatic carbocycles. The Labute approximate surface area is 286 Å². The fourth-order valence-electron chi connectivity index (χ4n) is 7.50. The summed E-state index contributed by atoms with van der Waals surface area (Å²) < 4.78 is 2.30. The van der Waals surface area contributed by atoms with E-state index in [4.69, 9.17) is 4.98 Å². The Morgan fingerprint density at radius 1 is 0.388 bits per heavy atom. The van der Waals surface area contributed by atoms with Crippen LogP contribution in [0.4, 0.5) is 0 Å². The molecule has 2 nitrogen and oxygen atoms in total. The number of imidazole rings is 1. The van der Waals surface area contributed by atoms with Gasteiger partial charge in [-0.2, -0.15) is 0 Å². The van der Waals surface area contributed by atoms with Crippen LogP contribution in [0.2, 0.25) is 0 Å². The van der Waals surface area contributed by atoms with Gasteiger partial charge in [-0.15, -0.1) is 0 Å². The van der Waals surface area contributed by atoms with E-state index in [-0.39, 0.29) is 0 Å². The Morgan fingerprint density at radius 3 is 1.47 bits per heavy atom. The van der Waals surface area contributed by atoms with Crippen molar-refractivity contribution in [2.75, 3.05) is 0 Å². The van der Waals surface area contributed by atoms with Gasteiger partial charge in [0.15, 0.2) is 0 Å². The molecule has 0 spiro atoms. The molecule has 0 unspecified atom stereocenters. The van der Waals surface area contributed by atoms with Gasteiger partial charge in [0.1, 0.15) is 5.82 Å². The van der Waals surface area contributed by atoms with Crippen molar-refractivity contribution in [2.45, 2.75) is 13.5 Å². The SMILES string of the molecule is CCn1c(-c2ccccc2)nc2cc(-c3cccc(-c4ccc5c(-c6ccccc6)c6ccccc6c(-c6ccccc6)c5c4)c3)ccc21. The minimum absolute atomic E-state index is 0.865. The monoisotopic (exact) mass is 626 g/mol. The van der Waals surface area contributed by atoms with Crippen LogP contribution in [-0.2, 0) is 6.54 Å². The van der Waals surface area contributed by atoms with Crippen molar-refractivity contribution in [3.63, 3.8) is 0 Å². The Kier molecular flexibility index (Phi) is 7.13. The van der Waals surface area contributed by atoms with Crippen LogP contribution >= 0.6 is 0 Å². The molecule has 0 aliphatic rings. The summed E-state index contributed by atoms with van der Waals surface area (Å²) in [5.74, 6) is 1.01. The van der Waals surface area contributed by atoms with Crippen molar-refractivity contribution < 1.29 is 0 Å². The van der Waals surface area contributed by atoms with Crippen molar-refractivity contribution in [2.24, 2.45) is 0 Å². The van der Waals surface area contributed by atoms with Crippen molar-refractivity contribution in [1.82, 2.24) is 9.55 Å².